The summed E-state index contributed by atoms with van der Waals surface area (Å²) in [5.41, 5.74) is 10.4. The van der Waals surface area contributed by atoms with Gasteiger partial charge in [0.05, 0.1) is 0 Å². The molecule has 2 heterocycles. The van der Waals surface area contributed by atoms with Crippen LogP contribution in [0.4, 0.5) is 0 Å². The normalized spacial score (nSPS) is 15.9. The van der Waals surface area contributed by atoms with E-state index in [0.717, 1.165) is 0 Å². The maximum atomic E-state index is 4.17. The molecule has 2 aromatic heterocycles. The first kappa shape index (κ1) is 18.7. The van der Waals surface area contributed by atoms with E-state index in [-0.39, 0.29) is 10.8 Å². The SMILES string of the molecule is CC1(C)c2ccc(-c3ccncc3)cc2C(C)(C)c2ccc(-c3ccncc3)cc21. The highest BCUT2D eigenvalue weighted by molar-refractivity contribution is 5.72. The van der Waals surface area contributed by atoms with Crippen LogP contribution >= 0.6 is 0 Å². The Labute approximate surface area is 178 Å². The van der Waals surface area contributed by atoms with Gasteiger partial charge in [-0.2, -0.15) is 0 Å². The molecule has 1 aliphatic carbocycles. The number of pyridine rings is 2. The van der Waals surface area contributed by atoms with Crippen molar-refractivity contribution in [1.82, 2.24) is 9.97 Å². The molecule has 5 rings (SSSR count). The Hall–Kier alpha value is -3.26. The van der Waals surface area contributed by atoms with Gasteiger partial charge < -0.3 is 0 Å². The molecule has 30 heavy (non-hydrogen) atoms. The first-order chi connectivity index (χ1) is 14.4. The number of aromatic nitrogens is 2. The monoisotopic (exact) mass is 390 g/mol. The van der Waals surface area contributed by atoms with E-state index in [9.17, 15) is 0 Å². The Bertz CT molecular complexity index is 1120. The van der Waals surface area contributed by atoms with Gasteiger partial charge in [-0.1, -0.05) is 52.0 Å². The lowest BCUT2D eigenvalue weighted by molar-refractivity contribution is 0.521. The molecule has 0 aliphatic heterocycles. The number of benzene rings is 2. The molecule has 0 fully saturated rings. The van der Waals surface area contributed by atoms with Gasteiger partial charge in [-0.3, -0.25) is 9.97 Å². The molecular weight excluding hydrogens is 364 g/mol. The van der Waals surface area contributed by atoms with Crippen LogP contribution in [0.1, 0.15) is 49.9 Å². The van der Waals surface area contributed by atoms with Crippen molar-refractivity contribution in [3.05, 3.63) is 108 Å². The zero-order valence-corrected chi connectivity index (χ0v) is 18.0. The summed E-state index contributed by atoms with van der Waals surface area (Å²) >= 11 is 0. The second-order valence-electron chi connectivity index (χ2n) is 9.24. The maximum absolute atomic E-state index is 4.17. The fourth-order valence-electron chi connectivity index (χ4n) is 4.95. The van der Waals surface area contributed by atoms with Crippen LogP contribution in [0.2, 0.25) is 0 Å². The van der Waals surface area contributed by atoms with Crippen molar-refractivity contribution >= 4 is 0 Å². The molecule has 2 heteroatoms. The topological polar surface area (TPSA) is 25.8 Å². The van der Waals surface area contributed by atoms with Crippen LogP contribution in [0.15, 0.2) is 85.5 Å². The fraction of sp³-hybridized carbons (Fsp3) is 0.214. The van der Waals surface area contributed by atoms with E-state index in [2.05, 4.69) is 98.3 Å². The summed E-state index contributed by atoms with van der Waals surface area (Å²) in [4.78, 5) is 8.34. The van der Waals surface area contributed by atoms with Crippen LogP contribution < -0.4 is 0 Å². The molecule has 0 saturated heterocycles. The van der Waals surface area contributed by atoms with E-state index in [0.29, 0.717) is 0 Å². The number of hydrogen-bond acceptors (Lipinski definition) is 2. The maximum Gasteiger partial charge on any atom is 0.0273 e. The van der Waals surface area contributed by atoms with Crippen molar-refractivity contribution in [3.8, 4) is 22.3 Å². The van der Waals surface area contributed by atoms with Gasteiger partial charge in [-0.15, -0.1) is 0 Å². The molecule has 0 spiro atoms. The Morgan fingerprint density at radius 2 is 0.800 bits per heavy atom. The Kier molecular flexibility index (Phi) is 4.14. The van der Waals surface area contributed by atoms with Gasteiger partial charge in [-0.25, -0.2) is 0 Å². The highest BCUT2D eigenvalue weighted by Crippen LogP contribution is 2.51. The second-order valence-corrected chi connectivity index (χ2v) is 9.24. The molecule has 0 saturated carbocycles. The van der Waals surface area contributed by atoms with Gasteiger partial charge in [0.25, 0.3) is 0 Å². The molecule has 0 bridgehead atoms. The second kappa shape index (κ2) is 6.63. The highest BCUT2D eigenvalue weighted by Gasteiger charge is 2.41. The minimum atomic E-state index is -0.0694. The number of hydrogen-bond donors (Lipinski definition) is 0. The van der Waals surface area contributed by atoms with E-state index >= 15 is 0 Å². The zero-order chi connectivity index (χ0) is 20.9. The summed E-state index contributed by atoms with van der Waals surface area (Å²) in [6.07, 6.45) is 7.44. The summed E-state index contributed by atoms with van der Waals surface area (Å²) < 4.78 is 0. The lowest BCUT2D eigenvalue weighted by Gasteiger charge is -2.44. The molecule has 0 radical (unpaired) electrons. The van der Waals surface area contributed by atoms with Gasteiger partial charge in [0.1, 0.15) is 0 Å². The Morgan fingerprint density at radius 1 is 0.433 bits per heavy atom. The largest absolute Gasteiger partial charge is 0.265 e. The Balaban J connectivity index is 1.70. The number of nitrogens with zero attached hydrogens (tertiary/aromatic N) is 2. The van der Waals surface area contributed by atoms with Crippen molar-refractivity contribution in [2.45, 2.75) is 38.5 Å². The fourth-order valence-corrected chi connectivity index (χ4v) is 4.95. The first-order valence-corrected chi connectivity index (χ1v) is 10.5. The van der Waals surface area contributed by atoms with E-state index in [1.54, 1.807) is 0 Å². The van der Waals surface area contributed by atoms with Gasteiger partial charge in [0, 0.05) is 35.6 Å². The minimum Gasteiger partial charge on any atom is -0.265 e. The lowest BCUT2D eigenvalue weighted by atomic mass is 9.59. The first-order valence-electron chi connectivity index (χ1n) is 10.5. The van der Waals surface area contributed by atoms with Crippen LogP contribution in [0.25, 0.3) is 22.3 Å². The third-order valence-corrected chi connectivity index (χ3v) is 6.76. The van der Waals surface area contributed by atoms with E-state index in [1.807, 2.05) is 24.8 Å². The molecule has 4 aromatic rings. The molecule has 0 N–H and O–H groups in total. The summed E-state index contributed by atoms with van der Waals surface area (Å²) in [7, 11) is 0. The van der Waals surface area contributed by atoms with Crippen LogP contribution in [0.3, 0.4) is 0 Å². The lowest BCUT2D eigenvalue weighted by Crippen LogP contribution is -2.36. The molecule has 1 aliphatic rings. The molecule has 0 unspecified atom stereocenters. The van der Waals surface area contributed by atoms with Crippen molar-refractivity contribution in [1.29, 1.82) is 0 Å². The third-order valence-electron chi connectivity index (χ3n) is 6.76. The van der Waals surface area contributed by atoms with Crippen molar-refractivity contribution in [2.75, 3.05) is 0 Å². The van der Waals surface area contributed by atoms with Gasteiger partial charge in [-0.05, 0) is 80.9 Å². The average Bonchev–Trinajstić information content (AvgIpc) is 2.79. The van der Waals surface area contributed by atoms with Crippen molar-refractivity contribution in [2.24, 2.45) is 0 Å². The molecule has 2 aromatic carbocycles. The average molecular weight is 391 g/mol. The molecule has 0 atom stereocenters. The highest BCUT2D eigenvalue weighted by atomic mass is 14.6. The summed E-state index contributed by atoms with van der Waals surface area (Å²) in [6.45, 7) is 9.40. The smallest absolute Gasteiger partial charge is 0.0273 e. The molecule has 0 amide bonds. The molecule has 148 valence electrons. The number of rotatable bonds is 2. The van der Waals surface area contributed by atoms with E-state index in [1.165, 1.54) is 44.5 Å². The Morgan fingerprint density at radius 3 is 1.17 bits per heavy atom. The van der Waals surface area contributed by atoms with Crippen LogP contribution in [0, 0.1) is 0 Å². The van der Waals surface area contributed by atoms with Crippen LogP contribution in [-0.2, 0) is 10.8 Å². The number of fused-ring (bicyclic) bond motifs is 2. The van der Waals surface area contributed by atoms with E-state index in [4.69, 9.17) is 0 Å². The van der Waals surface area contributed by atoms with Crippen molar-refractivity contribution in [3.63, 3.8) is 0 Å². The van der Waals surface area contributed by atoms with Gasteiger partial charge in [0.15, 0.2) is 0 Å². The van der Waals surface area contributed by atoms with Crippen molar-refractivity contribution < 1.29 is 0 Å². The predicted molar refractivity (Wildman–Crippen MR) is 124 cm³/mol. The zero-order valence-electron chi connectivity index (χ0n) is 18.0. The minimum absolute atomic E-state index is 0.0694. The van der Waals surface area contributed by atoms with E-state index < -0.39 is 0 Å². The summed E-state index contributed by atoms with van der Waals surface area (Å²) in [6, 6.07) is 22.3. The van der Waals surface area contributed by atoms with Gasteiger partial charge in [0.2, 0.25) is 0 Å². The predicted octanol–water partition coefficient (Wildman–Crippen LogP) is 6.78. The van der Waals surface area contributed by atoms with Gasteiger partial charge >= 0.3 is 0 Å². The van der Waals surface area contributed by atoms with Crippen LogP contribution in [0.5, 0.6) is 0 Å². The summed E-state index contributed by atoms with van der Waals surface area (Å²) in [5, 5.41) is 0. The quantitative estimate of drug-likeness (QED) is 0.377. The van der Waals surface area contributed by atoms with Crippen LogP contribution in [-0.4, -0.2) is 9.97 Å². The molecular formula is C28H26N2. The summed E-state index contributed by atoms with van der Waals surface area (Å²) in [5.74, 6) is 0. The standard InChI is InChI=1S/C28H26N2/c1-27(2)23-7-5-22(20-11-15-30-16-12-20)18-26(23)28(3,4)24-8-6-21(17-25(24)27)19-9-13-29-14-10-19/h5-18H,1-4H3. The molecule has 2 nitrogen and oxygen atoms in total. The third kappa shape index (κ3) is 2.79.